The molecule has 3 aromatic carbocycles. The topological polar surface area (TPSA) is 54.0 Å². The van der Waals surface area contributed by atoms with Gasteiger partial charge in [0.25, 0.3) is 0 Å². The smallest absolute Gasteiger partial charge is 0.319 e. The van der Waals surface area contributed by atoms with Crippen LogP contribution in [0.1, 0.15) is 5.56 Å². The molecule has 0 aliphatic heterocycles. The molecule has 4 aromatic rings. The highest BCUT2D eigenvalue weighted by Gasteiger charge is 2.06. The third kappa shape index (κ3) is 3.15. The molecule has 4 heteroatoms. The lowest BCUT2D eigenvalue weighted by molar-refractivity contribution is 0.252. The Morgan fingerprint density at radius 3 is 2.60 bits per heavy atom. The van der Waals surface area contributed by atoms with E-state index < -0.39 is 0 Å². The highest BCUT2D eigenvalue weighted by Crippen LogP contribution is 2.22. The maximum Gasteiger partial charge on any atom is 0.319 e. The Morgan fingerprint density at radius 2 is 1.64 bits per heavy atom. The number of nitrogens with zero attached hydrogens (tertiary/aromatic N) is 1. The van der Waals surface area contributed by atoms with Gasteiger partial charge in [0.05, 0.1) is 5.69 Å². The van der Waals surface area contributed by atoms with Crippen molar-refractivity contribution in [3.05, 3.63) is 84.7 Å². The van der Waals surface area contributed by atoms with Crippen LogP contribution in [-0.2, 0) is 6.54 Å². The van der Waals surface area contributed by atoms with Gasteiger partial charge in [-0.05, 0) is 28.5 Å². The fraction of sp³-hybridized carbons (Fsp3) is 0.0476. The number of anilines is 1. The third-order valence-electron chi connectivity index (χ3n) is 4.25. The van der Waals surface area contributed by atoms with Gasteiger partial charge in [0.2, 0.25) is 0 Å². The Labute approximate surface area is 145 Å². The van der Waals surface area contributed by atoms with Crippen molar-refractivity contribution in [3.8, 4) is 0 Å². The number of pyridine rings is 1. The molecule has 1 aromatic heterocycles. The van der Waals surface area contributed by atoms with Crippen LogP contribution in [0.4, 0.5) is 10.5 Å². The molecule has 25 heavy (non-hydrogen) atoms. The minimum absolute atomic E-state index is 0.225. The quantitative estimate of drug-likeness (QED) is 0.572. The van der Waals surface area contributed by atoms with Gasteiger partial charge in [-0.2, -0.15) is 0 Å². The number of fused-ring (bicyclic) bond motifs is 2. The van der Waals surface area contributed by atoms with E-state index in [4.69, 9.17) is 0 Å². The zero-order valence-electron chi connectivity index (χ0n) is 13.6. The first-order valence-electron chi connectivity index (χ1n) is 8.15. The van der Waals surface area contributed by atoms with Crippen LogP contribution >= 0.6 is 0 Å². The van der Waals surface area contributed by atoms with E-state index in [1.54, 1.807) is 12.4 Å². The minimum Gasteiger partial charge on any atom is -0.334 e. The lowest BCUT2D eigenvalue weighted by Crippen LogP contribution is -2.28. The molecule has 4 rings (SSSR count). The summed E-state index contributed by atoms with van der Waals surface area (Å²) < 4.78 is 0. The third-order valence-corrected chi connectivity index (χ3v) is 4.25. The maximum absolute atomic E-state index is 12.3. The maximum atomic E-state index is 12.3. The van der Waals surface area contributed by atoms with Crippen LogP contribution in [0.25, 0.3) is 21.5 Å². The molecule has 2 amide bonds. The molecular weight excluding hydrogens is 310 g/mol. The van der Waals surface area contributed by atoms with E-state index in [0.29, 0.717) is 6.54 Å². The molecule has 0 aliphatic carbocycles. The van der Waals surface area contributed by atoms with Crippen molar-refractivity contribution in [2.24, 2.45) is 0 Å². The van der Waals surface area contributed by atoms with Crippen molar-refractivity contribution in [1.82, 2.24) is 10.3 Å². The summed E-state index contributed by atoms with van der Waals surface area (Å²) in [5.74, 6) is 0. The van der Waals surface area contributed by atoms with E-state index in [1.807, 2.05) is 48.5 Å². The Balaban J connectivity index is 1.50. The monoisotopic (exact) mass is 327 g/mol. The van der Waals surface area contributed by atoms with Crippen LogP contribution in [0, 0.1) is 0 Å². The Hall–Kier alpha value is -3.40. The lowest BCUT2D eigenvalue weighted by Gasteiger charge is -2.11. The van der Waals surface area contributed by atoms with Gasteiger partial charge in [-0.1, -0.05) is 54.6 Å². The first-order valence-corrected chi connectivity index (χ1v) is 8.15. The van der Waals surface area contributed by atoms with E-state index in [-0.39, 0.29) is 6.03 Å². The minimum atomic E-state index is -0.225. The van der Waals surface area contributed by atoms with Crippen LogP contribution in [0.15, 0.2) is 79.1 Å². The molecule has 0 atom stereocenters. The van der Waals surface area contributed by atoms with Gasteiger partial charge in [-0.3, -0.25) is 4.98 Å². The first-order chi connectivity index (χ1) is 12.3. The van der Waals surface area contributed by atoms with Gasteiger partial charge in [-0.15, -0.1) is 0 Å². The molecule has 0 fully saturated rings. The molecule has 0 unspecified atom stereocenters. The largest absolute Gasteiger partial charge is 0.334 e. The molecule has 122 valence electrons. The van der Waals surface area contributed by atoms with Crippen LogP contribution in [0.2, 0.25) is 0 Å². The Kier molecular flexibility index (Phi) is 4.01. The molecule has 0 saturated heterocycles. The summed E-state index contributed by atoms with van der Waals surface area (Å²) in [7, 11) is 0. The van der Waals surface area contributed by atoms with Crippen LogP contribution in [0.3, 0.4) is 0 Å². The summed E-state index contributed by atoms with van der Waals surface area (Å²) in [6.45, 7) is 0.472. The van der Waals surface area contributed by atoms with Crippen LogP contribution in [0.5, 0.6) is 0 Å². The molecule has 0 bridgehead atoms. The van der Waals surface area contributed by atoms with Gasteiger partial charge >= 0.3 is 6.03 Å². The summed E-state index contributed by atoms with van der Waals surface area (Å²) in [5, 5.41) is 10.2. The van der Waals surface area contributed by atoms with Crippen molar-refractivity contribution in [2.45, 2.75) is 6.54 Å². The van der Waals surface area contributed by atoms with Crippen molar-refractivity contribution in [3.63, 3.8) is 0 Å². The van der Waals surface area contributed by atoms with E-state index in [1.165, 1.54) is 5.39 Å². The zero-order valence-corrected chi connectivity index (χ0v) is 13.6. The number of amides is 2. The van der Waals surface area contributed by atoms with Crippen molar-refractivity contribution < 1.29 is 4.79 Å². The average Bonchev–Trinajstić information content (AvgIpc) is 2.66. The molecule has 1 heterocycles. The molecule has 2 N–H and O–H groups in total. The first kappa shape index (κ1) is 15.1. The fourth-order valence-corrected chi connectivity index (χ4v) is 3.02. The second-order valence-electron chi connectivity index (χ2n) is 5.85. The number of nitrogens with one attached hydrogen (secondary N) is 2. The molecule has 0 radical (unpaired) electrons. The number of urea groups is 1. The average molecular weight is 327 g/mol. The number of rotatable bonds is 3. The predicted molar refractivity (Wildman–Crippen MR) is 102 cm³/mol. The second kappa shape index (κ2) is 6.61. The second-order valence-corrected chi connectivity index (χ2v) is 5.85. The summed E-state index contributed by atoms with van der Waals surface area (Å²) in [4.78, 5) is 16.4. The van der Waals surface area contributed by atoms with Gasteiger partial charge in [-0.25, -0.2) is 4.79 Å². The van der Waals surface area contributed by atoms with Crippen LogP contribution < -0.4 is 10.6 Å². The molecule has 0 spiro atoms. The lowest BCUT2D eigenvalue weighted by atomic mass is 10.0. The van der Waals surface area contributed by atoms with E-state index in [0.717, 1.165) is 27.4 Å². The number of hydrogen-bond donors (Lipinski definition) is 2. The van der Waals surface area contributed by atoms with Crippen molar-refractivity contribution >= 4 is 33.3 Å². The van der Waals surface area contributed by atoms with E-state index in [2.05, 4.69) is 33.8 Å². The molecular formula is C21H17N3O. The summed E-state index contributed by atoms with van der Waals surface area (Å²) in [6, 6.07) is 21.7. The van der Waals surface area contributed by atoms with Gasteiger partial charge in [0.1, 0.15) is 0 Å². The van der Waals surface area contributed by atoms with E-state index in [9.17, 15) is 4.79 Å². The fourth-order valence-electron chi connectivity index (χ4n) is 3.02. The molecule has 0 saturated carbocycles. The Morgan fingerprint density at radius 1 is 0.840 bits per heavy atom. The van der Waals surface area contributed by atoms with Crippen molar-refractivity contribution in [1.29, 1.82) is 0 Å². The summed E-state index contributed by atoms with van der Waals surface area (Å²) in [6.07, 6.45) is 3.51. The van der Waals surface area contributed by atoms with Gasteiger partial charge in [0.15, 0.2) is 0 Å². The number of aromatic nitrogens is 1. The number of carbonyl (C=O) groups is 1. The van der Waals surface area contributed by atoms with Crippen molar-refractivity contribution in [2.75, 3.05) is 5.32 Å². The number of carbonyl (C=O) groups excluding carboxylic acids is 1. The zero-order chi connectivity index (χ0) is 17.1. The highest BCUT2D eigenvalue weighted by atomic mass is 16.2. The highest BCUT2D eigenvalue weighted by molar-refractivity contribution is 6.01. The number of benzene rings is 3. The standard InChI is InChI=1S/C21H17N3O/c25-21(24-20-10-4-8-16-13-22-12-11-19(16)20)23-14-17-7-3-6-15-5-1-2-9-18(15)17/h1-13H,14H2,(H2,23,24,25). The van der Waals surface area contributed by atoms with Gasteiger partial charge < -0.3 is 10.6 Å². The number of hydrogen-bond acceptors (Lipinski definition) is 2. The molecule has 4 nitrogen and oxygen atoms in total. The summed E-state index contributed by atoms with van der Waals surface area (Å²) in [5.41, 5.74) is 1.87. The predicted octanol–water partition coefficient (Wildman–Crippen LogP) is 4.71. The van der Waals surface area contributed by atoms with Crippen LogP contribution in [-0.4, -0.2) is 11.0 Å². The normalized spacial score (nSPS) is 10.7. The van der Waals surface area contributed by atoms with Gasteiger partial charge in [0, 0.05) is 29.7 Å². The SMILES string of the molecule is O=C(NCc1cccc2ccccc12)Nc1cccc2cnccc12. The Bertz CT molecular complexity index is 1050. The summed E-state index contributed by atoms with van der Waals surface area (Å²) >= 11 is 0. The van der Waals surface area contributed by atoms with E-state index >= 15 is 0 Å². The molecule has 0 aliphatic rings.